The second kappa shape index (κ2) is 16.7. The summed E-state index contributed by atoms with van der Waals surface area (Å²) >= 11 is 0. The van der Waals surface area contributed by atoms with Gasteiger partial charge in [-0.05, 0) is 11.1 Å². The van der Waals surface area contributed by atoms with Gasteiger partial charge in [-0.3, -0.25) is 0 Å². The second-order valence-corrected chi connectivity index (χ2v) is 7.75. The van der Waals surface area contributed by atoms with Crippen LogP contribution in [0.2, 0.25) is 0 Å². The molecule has 33 heavy (non-hydrogen) atoms. The van der Waals surface area contributed by atoms with Gasteiger partial charge in [-0.2, -0.15) is 0 Å². The van der Waals surface area contributed by atoms with Gasteiger partial charge in [-0.15, -0.1) is 0 Å². The molecule has 1 fully saturated rings. The fourth-order valence-electron chi connectivity index (χ4n) is 3.73. The average Bonchev–Trinajstić information content (AvgIpc) is 2.86. The Balaban J connectivity index is 1.65. The molecular formula is C26H38N2O5. The molecule has 2 aromatic carbocycles. The topological polar surface area (TPSA) is 70.2 Å². The molecule has 1 heterocycles. The molecule has 2 N–H and O–H groups in total. The van der Waals surface area contributed by atoms with Gasteiger partial charge in [-0.1, -0.05) is 60.7 Å². The lowest BCUT2D eigenvalue weighted by Gasteiger charge is -2.30. The summed E-state index contributed by atoms with van der Waals surface area (Å²) in [6.45, 7) is 7.22. The molecule has 0 unspecified atom stereocenters. The quantitative estimate of drug-likeness (QED) is 0.717. The third-order valence-electron chi connectivity index (χ3n) is 5.36. The molecule has 0 aliphatic carbocycles. The maximum absolute atomic E-state index is 5.77. The van der Waals surface area contributed by atoms with Crippen molar-refractivity contribution in [2.75, 3.05) is 79.2 Å². The third kappa shape index (κ3) is 10.3. The Labute approximate surface area is 197 Å². The molecule has 0 aromatic heterocycles. The first-order valence-electron chi connectivity index (χ1n) is 11.9. The van der Waals surface area contributed by atoms with E-state index in [1.807, 2.05) is 12.1 Å². The highest BCUT2D eigenvalue weighted by Gasteiger charge is 2.24. The van der Waals surface area contributed by atoms with Gasteiger partial charge in [0, 0.05) is 13.1 Å². The summed E-state index contributed by atoms with van der Waals surface area (Å²) in [4.78, 5) is 0. The van der Waals surface area contributed by atoms with Gasteiger partial charge in [-0.25, -0.2) is 0 Å². The maximum atomic E-state index is 5.77. The normalized spacial score (nSPS) is 23.9. The molecule has 182 valence electrons. The van der Waals surface area contributed by atoms with Gasteiger partial charge in [0.25, 0.3) is 0 Å². The zero-order valence-corrected chi connectivity index (χ0v) is 19.5. The maximum Gasteiger partial charge on any atom is 0.0701 e. The van der Waals surface area contributed by atoms with Crippen molar-refractivity contribution >= 4 is 0 Å². The Morgan fingerprint density at radius 1 is 0.424 bits per heavy atom. The standard InChI is InChI=1S/C26H38N2O5/c1-3-7-23(8-4-1)25-26(24-9-5-2-6-10-24)28-12-14-30-16-18-32-20-22-33-21-19-31-17-15-29-13-11-27-25/h1-10,25-28H,11-22H2/t25-,26-/m1/s1. The van der Waals surface area contributed by atoms with Crippen LogP contribution in [0.1, 0.15) is 23.2 Å². The van der Waals surface area contributed by atoms with E-state index in [0.717, 1.165) is 13.1 Å². The van der Waals surface area contributed by atoms with Crippen LogP contribution in [0, 0.1) is 0 Å². The summed E-state index contributed by atoms with van der Waals surface area (Å²) in [5, 5.41) is 7.41. The van der Waals surface area contributed by atoms with Crippen molar-refractivity contribution in [2.24, 2.45) is 0 Å². The summed E-state index contributed by atoms with van der Waals surface area (Å²) < 4.78 is 28.1. The van der Waals surface area contributed by atoms with Gasteiger partial charge in [0.2, 0.25) is 0 Å². The van der Waals surface area contributed by atoms with E-state index in [1.54, 1.807) is 0 Å². The number of benzene rings is 2. The number of hydrogen-bond donors (Lipinski definition) is 2. The van der Waals surface area contributed by atoms with Gasteiger partial charge in [0.1, 0.15) is 0 Å². The first-order chi connectivity index (χ1) is 16.4. The highest BCUT2D eigenvalue weighted by atomic mass is 16.6. The van der Waals surface area contributed by atoms with Crippen molar-refractivity contribution in [1.29, 1.82) is 0 Å². The van der Waals surface area contributed by atoms with Gasteiger partial charge < -0.3 is 34.3 Å². The van der Waals surface area contributed by atoms with Crippen LogP contribution >= 0.6 is 0 Å². The van der Waals surface area contributed by atoms with E-state index in [2.05, 4.69) is 59.2 Å². The minimum Gasteiger partial charge on any atom is -0.378 e. The van der Waals surface area contributed by atoms with Crippen LogP contribution in [0.25, 0.3) is 0 Å². The lowest BCUT2D eigenvalue weighted by atomic mass is 9.93. The van der Waals surface area contributed by atoms with E-state index in [-0.39, 0.29) is 12.1 Å². The Kier molecular flexibility index (Phi) is 13.1. The highest BCUT2D eigenvalue weighted by Crippen LogP contribution is 2.28. The van der Waals surface area contributed by atoms with Gasteiger partial charge in [0.05, 0.1) is 78.2 Å². The van der Waals surface area contributed by atoms with Crippen molar-refractivity contribution in [2.45, 2.75) is 12.1 Å². The smallest absolute Gasteiger partial charge is 0.0701 e. The lowest BCUT2D eigenvalue weighted by Crippen LogP contribution is -2.38. The largest absolute Gasteiger partial charge is 0.378 e. The molecule has 7 nitrogen and oxygen atoms in total. The number of ether oxygens (including phenoxy) is 5. The lowest BCUT2D eigenvalue weighted by molar-refractivity contribution is -0.0104. The first-order valence-corrected chi connectivity index (χ1v) is 11.9. The minimum absolute atomic E-state index is 0.0861. The fraction of sp³-hybridized carbons (Fsp3) is 0.538. The molecular weight excluding hydrogens is 420 g/mol. The van der Waals surface area contributed by atoms with Crippen molar-refractivity contribution in [3.05, 3.63) is 71.8 Å². The molecule has 1 aliphatic heterocycles. The van der Waals surface area contributed by atoms with Crippen molar-refractivity contribution < 1.29 is 23.7 Å². The summed E-state index contributed by atoms with van der Waals surface area (Å²) in [7, 11) is 0. The minimum atomic E-state index is 0.0861. The zero-order valence-electron chi connectivity index (χ0n) is 19.5. The van der Waals surface area contributed by atoms with Crippen LogP contribution < -0.4 is 10.6 Å². The van der Waals surface area contributed by atoms with Crippen LogP contribution in [0.5, 0.6) is 0 Å². The van der Waals surface area contributed by atoms with E-state index in [0.29, 0.717) is 66.1 Å². The average molecular weight is 459 g/mol. The van der Waals surface area contributed by atoms with Crippen molar-refractivity contribution in [3.8, 4) is 0 Å². The molecule has 1 saturated heterocycles. The predicted molar refractivity (Wildman–Crippen MR) is 128 cm³/mol. The number of nitrogens with one attached hydrogen (secondary N) is 2. The monoisotopic (exact) mass is 458 g/mol. The molecule has 1 aliphatic rings. The second-order valence-electron chi connectivity index (χ2n) is 7.75. The third-order valence-corrected chi connectivity index (χ3v) is 5.36. The van der Waals surface area contributed by atoms with Gasteiger partial charge >= 0.3 is 0 Å². The number of rotatable bonds is 2. The highest BCUT2D eigenvalue weighted by molar-refractivity contribution is 5.27. The van der Waals surface area contributed by atoms with Crippen molar-refractivity contribution in [1.82, 2.24) is 10.6 Å². The van der Waals surface area contributed by atoms with Crippen LogP contribution in [-0.2, 0) is 23.7 Å². The molecule has 0 spiro atoms. The molecule has 0 radical (unpaired) electrons. The summed E-state index contributed by atoms with van der Waals surface area (Å²) in [6, 6.07) is 21.3. The van der Waals surface area contributed by atoms with E-state index in [1.165, 1.54) is 11.1 Å². The summed E-state index contributed by atoms with van der Waals surface area (Å²) in [5.41, 5.74) is 2.46. The Hall–Kier alpha value is -1.84. The van der Waals surface area contributed by atoms with E-state index in [9.17, 15) is 0 Å². The van der Waals surface area contributed by atoms with Crippen LogP contribution in [0.3, 0.4) is 0 Å². The van der Waals surface area contributed by atoms with Crippen molar-refractivity contribution in [3.63, 3.8) is 0 Å². The fourth-order valence-corrected chi connectivity index (χ4v) is 3.73. The molecule has 2 aromatic rings. The molecule has 3 rings (SSSR count). The molecule has 0 bridgehead atoms. The molecule has 0 saturated carbocycles. The van der Waals surface area contributed by atoms with Crippen LogP contribution in [-0.4, -0.2) is 79.2 Å². The van der Waals surface area contributed by atoms with Gasteiger partial charge in [0.15, 0.2) is 0 Å². The predicted octanol–water partition coefficient (Wildman–Crippen LogP) is 2.74. The molecule has 0 amide bonds. The number of hydrogen-bond acceptors (Lipinski definition) is 7. The molecule has 7 heteroatoms. The van der Waals surface area contributed by atoms with E-state index in [4.69, 9.17) is 23.7 Å². The first kappa shape index (κ1) is 25.8. The Morgan fingerprint density at radius 3 is 1.06 bits per heavy atom. The Morgan fingerprint density at radius 2 is 0.727 bits per heavy atom. The van der Waals surface area contributed by atoms with Crippen LogP contribution in [0.4, 0.5) is 0 Å². The Bertz CT molecular complexity index is 658. The SMILES string of the molecule is c1ccc([C@H]2NCCOCCOCCOCCOCCOCCN[C@@H]2c2ccccc2)cc1. The van der Waals surface area contributed by atoms with E-state index >= 15 is 0 Å². The summed E-state index contributed by atoms with van der Waals surface area (Å²) in [5.74, 6) is 0. The van der Waals surface area contributed by atoms with Crippen LogP contribution in [0.15, 0.2) is 60.7 Å². The zero-order chi connectivity index (χ0) is 22.8. The summed E-state index contributed by atoms with van der Waals surface area (Å²) in [6.07, 6.45) is 0. The van der Waals surface area contributed by atoms with E-state index < -0.39 is 0 Å². The molecule has 2 atom stereocenters.